The van der Waals surface area contributed by atoms with E-state index in [2.05, 4.69) is 18.7 Å². The highest BCUT2D eigenvalue weighted by molar-refractivity contribution is 5.39. The Morgan fingerprint density at radius 1 is 1.11 bits per heavy atom. The highest BCUT2D eigenvalue weighted by Crippen LogP contribution is 2.24. The molecule has 19 heavy (non-hydrogen) atoms. The van der Waals surface area contributed by atoms with Crippen LogP contribution in [-0.2, 0) is 6.54 Å². The molecule has 0 unspecified atom stereocenters. The smallest absolute Gasteiger partial charge is 0.123 e. The maximum absolute atomic E-state index is 10.0. The van der Waals surface area contributed by atoms with Crippen molar-refractivity contribution in [2.24, 2.45) is 0 Å². The number of aromatic hydroxyl groups is 1. The minimum Gasteiger partial charge on any atom is -0.507 e. The molecule has 0 aliphatic rings. The summed E-state index contributed by atoms with van der Waals surface area (Å²) in [6.07, 6.45) is 4.83. The number of hydrogen-bond donors (Lipinski definition) is 1. The fourth-order valence-electron chi connectivity index (χ4n) is 2.08. The zero-order valence-corrected chi connectivity index (χ0v) is 12.5. The zero-order chi connectivity index (χ0) is 14.1. The number of ether oxygens (including phenoxy) is 1. The molecule has 1 rings (SSSR count). The number of nitrogens with zero attached hydrogens (tertiary/aromatic N) is 1. The third kappa shape index (κ3) is 5.52. The molecule has 0 aliphatic carbocycles. The molecular formula is C16H27NO2. The van der Waals surface area contributed by atoms with Crippen LogP contribution in [0.25, 0.3) is 0 Å². The second kappa shape index (κ2) is 8.81. The summed E-state index contributed by atoms with van der Waals surface area (Å²) in [5.41, 5.74) is 0.980. The number of rotatable bonds is 9. The quantitative estimate of drug-likeness (QED) is 0.737. The number of phenolic OH excluding ortho intramolecular Hbond substituents is 1. The second-order valence-electron chi connectivity index (χ2n) is 4.98. The average Bonchev–Trinajstić information content (AvgIpc) is 2.43. The van der Waals surface area contributed by atoms with Crippen LogP contribution in [0.4, 0.5) is 0 Å². The van der Waals surface area contributed by atoms with Crippen LogP contribution < -0.4 is 4.74 Å². The van der Waals surface area contributed by atoms with E-state index in [1.165, 1.54) is 25.7 Å². The zero-order valence-electron chi connectivity index (χ0n) is 12.5. The number of methoxy groups -OCH3 is 1. The number of hydrogen-bond acceptors (Lipinski definition) is 3. The fourth-order valence-corrected chi connectivity index (χ4v) is 2.08. The molecular weight excluding hydrogens is 238 g/mol. The molecule has 1 N–H and O–H groups in total. The monoisotopic (exact) mass is 265 g/mol. The van der Waals surface area contributed by atoms with Gasteiger partial charge in [0.25, 0.3) is 0 Å². The standard InChI is InChI=1S/C16H27NO2/c1-4-6-10-17(11-7-5-2)13-14-8-9-15(19-3)12-16(14)18/h8-9,12,18H,4-7,10-11,13H2,1-3H3. The Balaban J connectivity index is 2.65. The molecule has 0 aromatic heterocycles. The van der Waals surface area contributed by atoms with E-state index < -0.39 is 0 Å². The Morgan fingerprint density at radius 2 is 1.74 bits per heavy atom. The molecule has 0 saturated carbocycles. The molecule has 0 spiro atoms. The maximum Gasteiger partial charge on any atom is 0.123 e. The summed E-state index contributed by atoms with van der Waals surface area (Å²) in [7, 11) is 1.61. The van der Waals surface area contributed by atoms with Crippen molar-refractivity contribution in [1.29, 1.82) is 0 Å². The first-order valence-electron chi connectivity index (χ1n) is 7.29. The Labute approximate surface area is 117 Å². The lowest BCUT2D eigenvalue weighted by molar-refractivity contribution is 0.253. The van der Waals surface area contributed by atoms with Crippen LogP contribution in [-0.4, -0.2) is 30.2 Å². The molecule has 0 bridgehead atoms. The van der Waals surface area contributed by atoms with Crippen molar-refractivity contribution < 1.29 is 9.84 Å². The summed E-state index contributed by atoms with van der Waals surface area (Å²) in [5.74, 6) is 1.03. The van der Waals surface area contributed by atoms with Crippen molar-refractivity contribution in [2.75, 3.05) is 20.2 Å². The molecule has 3 nitrogen and oxygen atoms in total. The number of phenols is 1. The SMILES string of the molecule is CCCCN(CCCC)Cc1ccc(OC)cc1O. The molecule has 108 valence electrons. The minimum absolute atomic E-state index is 0.331. The summed E-state index contributed by atoms with van der Waals surface area (Å²) in [6.45, 7) is 7.44. The van der Waals surface area contributed by atoms with Crippen LogP contribution in [0.2, 0.25) is 0 Å². The fraction of sp³-hybridized carbons (Fsp3) is 0.625. The molecule has 1 aromatic rings. The van der Waals surface area contributed by atoms with E-state index in [1.807, 2.05) is 12.1 Å². The van der Waals surface area contributed by atoms with Gasteiger partial charge in [-0.25, -0.2) is 0 Å². The van der Waals surface area contributed by atoms with Gasteiger partial charge in [0.15, 0.2) is 0 Å². The number of unbranched alkanes of at least 4 members (excludes halogenated alkanes) is 2. The molecule has 0 amide bonds. The van der Waals surface area contributed by atoms with E-state index >= 15 is 0 Å². The molecule has 0 aliphatic heterocycles. The van der Waals surface area contributed by atoms with Gasteiger partial charge in [0.2, 0.25) is 0 Å². The van der Waals surface area contributed by atoms with Crippen LogP contribution in [0.3, 0.4) is 0 Å². The van der Waals surface area contributed by atoms with Crippen molar-refractivity contribution in [2.45, 2.75) is 46.1 Å². The molecule has 0 radical (unpaired) electrons. The lowest BCUT2D eigenvalue weighted by Gasteiger charge is -2.22. The second-order valence-corrected chi connectivity index (χ2v) is 4.98. The van der Waals surface area contributed by atoms with Crippen molar-refractivity contribution in [3.05, 3.63) is 23.8 Å². The van der Waals surface area contributed by atoms with E-state index in [-0.39, 0.29) is 0 Å². The van der Waals surface area contributed by atoms with Crippen molar-refractivity contribution >= 4 is 0 Å². The Hall–Kier alpha value is -1.22. The van der Waals surface area contributed by atoms with Gasteiger partial charge in [-0.1, -0.05) is 32.8 Å². The van der Waals surface area contributed by atoms with Crippen LogP contribution >= 0.6 is 0 Å². The van der Waals surface area contributed by atoms with E-state index in [1.54, 1.807) is 13.2 Å². The Kier molecular flexibility index (Phi) is 7.34. The predicted octanol–water partition coefficient (Wildman–Crippen LogP) is 3.80. The summed E-state index contributed by atoms with van der Waals surface area (Å²) in [5, 5.41) is 10.0. The van der Waals surface area contributed by atoms with Crippen molar-refractivity contribution in [3.8, 4) is 11.5 Å². The van der Waals surface area contributed by atoms with Crippen LogP contribution in [0.5, 0.6) is 11.5 Å². The van der Waals surface area contributed by atoms with Gasteiger partial charge in [0, 0.05) is 18.2 Å². The third-order valence-electron chi connectivity index (χ3n) is 3.34. The third-order valence-corrected chi connectivity index (χ3v) is 3.34. The average molecular weight is 265 g/mol. The van der Waals surface area contributed by atoms with E-state index in [4.69, 9.17) is 4.74 Å². The van der Waals surface area contributed by atoms with E-state index in [0.29, 0.717) is 11.5 Å². The summed E-state index contributed by atoms with van der Waals surface area (Å²) in [6, 6.07) is 5.55. The molecule has 0 fully saturated rings. The summed E-state index contributed by atoms with van der Waals surface area (Å²) < 4.78 is 5.11. The van der Waals surface area contributed by atoms with Gasteiger partial charge >= 0.3 is 0 Å². The highest BCUT2D eigenvalue weighted by atomic mass is 16.5. The van der Waals surface area contributed by atoms with Gasteiger partial charge in [0.1, 0.15) is 11.5 Å². The lowest BCUT2D eigenvalue weighted by atomic mass is 10.1. The van der Waals surface area contributed by atoms with Gasteiger partial charge in [-0.15, -0.1) is 0 Å². The first kappa shape index (κ1) is 15.8. The van der Waals surface area contributed by atoms with E-state index in [0.717, 1.165) is 25.2 Å². The normalized spacial score (nSPS) is 10.9. The predicted molar refractivity (Wildman–Crippen MR) is 79.8 cm³/mol. The minimum atomic E-state index is 0.331. The Morgan fingerprint density at radius 3 is 2.21 bits per heavy atom. The Bertz CT molecular complexity index is 358. The topological polar surface area (TPSA) is 32.7 Å². The van der Waals surface area contributed by atoms with Gasteiger partial charge in [-0.2, -0.15) is 0 Å². The molecule has 0 saturated heterocycles. The first-order chi connectivity index (χ1) is 9.21. The van der Waals surface area contributed by atoms with Crippen LogP contribution in [0.15, 0.2) is 18.2 Å². The van der Waals surface area contributed by atoms with Gasteiger partial charge in [-0.05, 0) is 32.0 Å². The highest BCUT2D eigenvalue weighted by Gasteiger charge is 2.09. The van der Waals surface area contributed by atoms with Crippen LogP contribution in [0, 0.1) is 0 Å². The molecule has 0 atom stereocenters. The largest absolute Gasteiger partial charge is 0.507 e. The molecule has 3 heteroatoms. The van der Waals surface area contributed by atoms with Crippen molar-refractivity contribution in [3.63, 3.8) is 0 Å². The molecule has 0 heterocycles. The molecule has 1 aromatic carbocycles. The first-order valence-corrected chi connectivity index (χ1v) is 7.29. The van der Waals surface area contributed by atoms with Crippen molar-refractivity contribution in [1.82, 2.24) is 4.90 Å². The van der Waals surface area contributed by atoms with Gasteiger partial charge in [0.05, 0.1) is 7.11 Å². The lowest BCUT2D eigenvalue weighted by Crippen LogP contribution is -2.25. The van der Waals surface area contributed by atoms with Gasteiger partial charge in [-0.3, -0.25) is 4.90 Å². The van der Waals surface area contributed by atoms with E-state index in [9.17, 15) is 5.11 Å². The number of benzene rings is 1. The maximum atomic E-state index is 10.0. The summed E-state index contributed by atoms with van der Waals surface area (Å²) in [4.78, 5) is 2.43. The van der Waals surface area contributed by atoms with Crippen LogP contribution in [0.1, 0.15) is 45.1 Å². The summed E-state index contributed by atoms with van der Waals surface area (Å²) >= 11 is 0. The van der Waals surface area contributed by atoms with Gasteiger partial charge < -0.3 is 9.84 Å².